The van der Waals surface area contributed by atoms with Gasteiger partial charge in [0.05, 0.1) is 24.3 Å². The van der Waals surface area contributed by atoms with Crippen LogP contribution >= 0.6 is 0 Å². The van der Waals surface area contributed by atoms with Crippen LogP contribution in [0.5, 0.6) is 0 Å². The highest BCUT2D eigenvalue weighted by molar-refractivity contribution is 5.98. The van der Waals surface area contributed by atoms with Crippen molar-refractivity contribution in [2.45, 2.75) is 79.1 Å². The quantitative estimate of drug-likeness (QED) is 0.472. The summed E-state index contributed by atoms with van der Waals surface area (Å²) in [6.45, 7) is 10.5. The number of benzene rings is 1. The molecule has 34 heavy (non-hydrogen) atoms. The van der Waals surface area contributed by atoms with E-state index in [1.54, 1.807) is 0 Å². The van der Waals surface area contributed by atoms with Gasteiger partial charge in [0.25, 0.3) is 0 Å². The zero-order valence-corrected chi connectivity index (χ0v) is 21.2. The lowest BCUT2D eigenvalue weighted by Gasteiger charge is -2.64. The van der Waals surface area contributed by atoms with Gasteiger partial charge < -0.3 is 4.74 Å². The molecular formula is C29H39FN2O2. The molecule has 0 unspecified atom stereocenters. The number of hydrogen-bond donors (Lipinski definition) is 0. The summed E-state index contributed by atoms with van der Waals surface area (Å²) in [5.74, 6) is 1.30. The zero-order valence-electron chi connectivity index (χ0n) is 21.2. The van der Waals surface area contributed by atoms with Gasteiger partial charge in [0.15, 0.2) is 0 Å². The fourth-order valence-corrected chi connectivity index (χ4v) is 9.90. The predicted octanol–water partition coefficient (Wildman–Crippen LogP) is 6.59. The minimum atomic E-state index is -0.364. The first kappa shape index (κ1) is 22.5. The lowest BCUT2D eigenvalue weighted by Crippen LogP contribution is -2.60. The fraction of sp³-hybridized carbons (Fsp3) is 0.724. The number of carbonyl (C=O) groups is 1. The monoisotopic (exact) mass is 466 g/mol. The molecule has 0 N–H and O–H groups in total. The average Bonchev–Trinajstić information content (AvgIpc) is 3.32. The Kier molecular flexibility index (Phi) is 4.84. The smallest absolute Gasteiger partial charge is 0.312 e. The van der Waals surface area contributed by atoms with Crippen molar-refractivity contribution in [1.82, 2.24) is 0 Å². The van der Waals surface area contributed by atoms with E-state index in [4.69, 9.17) is 9.84 Å². The van der Waals surface area contributed by atoms with Crippen molar-refractivity contribution in [1.29, 1.82) is 0 Å². The lowest BCUT2D eigenvalue weighted by molar-refractivity contribution is -0.191. The number of anilines is 1. The van der Waals surface area contributed by atoms with Crippen molar-refractivity contribution in [3.8, 4) is 0 Å². The molecule has 0 amide bonds. The molecule has 4 aliphatic carbocycles. The Bertz CT molecular complexity index is 1040. The molecule has 5 aliphatic rings. The summed E-state index contributed by atoms with van der Waals surface area (Å²) in [6.07, 6.45) is 9.25. The average molecular weight is 467 g/mol. The van der Waals surface area contributed by atoms with Crippen LogP contribution in [0.4, 0.5) is 10.1 Å². The number of rotatable bonds is 3. The summed E-state index contributed by atoms with van der Waals surface area (Å²) in [7, 11) is 0. The highest BCUT2D eigenvalue weighted by Gasteiger charge is 2.71. The van der Waals surface area contributed by atoms with E-state index in [0.717, 1.165) is 31.5 Å². The molecule has 7 atom stereocenters. The van der Waals surface area contributed by atoms with E-state index in [1.165, 1.54) is 49.9 Å². The zero-order chi connectivity index (χ0) is 23.9. The Morgan fingerprint density at radius 3 is 2.56 bits per heavy atom. The molecule has 184 valence electrons. The second-order valence-electron chi connectivity index (χ2n) is 12.7. The van der Waals surface area contributed by atoms with E-state index in [2.05, 4.69) is 25.8 Å². The second kappa shape index (κ2) is 7.30. The van der Waals surface area contributed by atoms with Crippen molar-refractivity contribution < 1.29 is 13.9 Å². The van der Waals surface area contributed by atoms with Gasteiger partial charge in [-0.25, -0.2) is 4.39 Å². The third-order valence-electron chi connectivity index (χ3n) is 11.2. The van der Waals surface area contributed by atoms with Crippen molar-refractivity contribution in [3.63, 3.8) is 0 Å². The van der Waals surface area contributed by atoms with E-state index >= 15 is 0 Å². The largest absolute Gasteiger partial charge is 0.466 e. The van der Waals surface area contributed by atoms with Crippen LogP contribution in [0, 0.1) is 45.2 Å². The van der Waals surface area contributed by atoms with Crippen molar-refractivity contribution in [2.75, 3.05) is 18.2 Å². The molecule has 4 nitrogen and oxygen atoms in total. The topological polar surface area (TPSA) is 41.9 Å². The van der Waals surface area contributed by atoms with E-state index in [-0.39, 0.29) is 33.4 Å². The Labute approximate surface area is 203 Å². The minimum absolute atomic E-state index is 0.0274. The minimum Gasteiger partial charge on any atom is -0.466 e. The van der Waals surface area contributed by atoms with Crippen LogP contribution in [-0.2, 0) is 9.53 Å². The van der Waals surface area contributed by atoms with Crippen LogP contribution in [0.15, 0.2) is 29.4 Å². The van der Waals surface area contributed by atoms with Gasteiger partial charge in [-0.2, -0.15) is 5.10 Å². The Morgan fingerprint density at radius 2 is 1.82 bits per heavy atom. The van der Waals surface area contributed by atoms with Crippen LogP contribution in [0.25, 0.3) is 0 Å². The molecule has 0 aromatic heterocycles. The van der Waals surface area contributed by atoms with Gasteiger partial charge in [0.1, 0.15) is 5.82 Å². The molecule has 1 spiro atoms. The van der Waals surface area contributed by atoms with Gasteiger partial charge in [0, 0.05) is 17.0 Å². The maximum Gasteiger partial charge on any atom is 0.312 e. The van der Waals surface area contributed by atoms with E-state index in [9.17, 15) is 9.18 Å². The molecule has 1 aromatic carbocycles. The Hall–Kier alpha value is -1.91. The third-order valence-corrected chi connectivity index (χ3v) is 11.2. The highest BCUT2D eigenvalue weighted by Crippen LogP contribution is 2.75. The fourth-order valence-electron chi connectivity index (χ4n) is 9.90. The molecule has 2 bridgehead atoms. The van der Waals surface area contributed by atoms with Crippen molar-refractivity contribution in [2.24, 2.45) is 44.5 Å². The SMILES string of the molecule is CCOC(=O)[C@]1(C)CCC[C@@]2(C)[C@@H]3CC[C@@]4(C)C[C@]3(CC[C@@H]21)[C@@H]1CN(c2ccc(F)cc2)N=C14. The molecule has 6 rings (SSSR count). The number of nitrogens with zero attached hydrogens (tertiary/aromatic N) is 2. The first-order valence-electron chi connectivity index (χ1n) is 13.5. The standard InChI is InChI=1S/C29H39FN2O2/c1-5-34-25(33)28(4)14-6-13-27(3)22(28)12-16-29-18-26(2,15-11-23(27)29)24-21(29)17-32(31-24)20-9-7-19(30)8-10-20/h7-10,21-23H,5-6,11-18H2,1-4H3/t21-,22+,23+,26+,27-,28-,29-/m1/s1. The molecule has 1 aliphatic heterocycles. The van der Waals surface area contributed by atoms with Gasteiger partial charge >= 0.3 is 5.97 Å². The summed E-state index contributed by atoms with van der Waals surface area (Å²) in [5.41, 5.74) is 2.61. The number of hydrazone groups is 1. The van der Waals surface area contributed by atoms with Crippen LogP contribution in [0.1, 0.15) is 79.1 Å². The van der Waals surface area contributed by atoms with E-state index in [0.29, 0.717) is 24.4 Å². The van der Waals surface area contributed by atoms with Crippen LogP contribution < -0.4 is 5.01 Å². The van der Waals surface area contributed by atoms with Crippen LogP contribution in [-0.4, -0.2) is 24.8 Å². The summed E-state index contributed by atoms with van der Waals surface area (Å²) >= 11 is 0. The van der Waals surface area contributed by atoms with Crippen LogP contribution in [0.2, 0.25) is 0 Å². The molecule has 0 saturated heterocycles. The van der Waals surface area contributed by atoms with Crippen molar-refractivity contribution >= 4 is 17.4 Å². The molecule has 4 saturated carbocycles. The first-order valence-corrected chi connectivity index (χ1v) is 13.5. The lowest BCUT2D eigenvalue weighted by atomic mass is 9.39. The van der Waals surface area contributed by atoms with Gasteiger partial charge in [0.2, 0.25) is 0 Å². The van der Waals surface area contributed by atoms with Gasteiger partial charge in [-0.1, -0.05) is 20.3 Å². The summed E-state index contributed by atoms with van der Waals surface area (Å²) in [4.78, 5) is 13.2. The molecule has 1 heterocycles. The molecule has 1 aromatic rings. The van der Waals surface area contributed by atoms with Gasteiger partial charge in [-0.3, -0.25) is 9.80 Å². The normalized spacial score (nSPS) is 44.7. The number of fused-ring (bicyclic) bond motifs is 5. The number of halogens is 1. The van der Waals surface area contributed by atoms with E-state index in [1.807, 2.05) is 19.1 Å². The predicted molar refractivity (Wildman–Crippen MR) is 132 cm³/mol. The molecule has 4 fully saturated rings. The summed E-state index contributed by atoms with van der Waals surface area (Å²) in [6, 6.07) is 6.80. The first-order chi connectivity index (χ1) is 16.2. The maximum atomic E-state index is 13.6. The Balaban J connectivity index is 1.36. The number of esters is 1. The number of ether oxygens (including phenoxy) is 1. The maximum absolute atomic E-state index is 13.6. The summed E-state index contributed by atoms with van der Waals surface area (Å²) in [5, 5.41) is 7.35. The number of carbonyl (C=O) groups excluding carboxylic acids is 1. The summed E-state index contributed by atoms with van der Waals surface area (Å²) < 4.78 is 19.2. The van der Waals surface area contributed by atoms with Crippen LogP contribution in [0.3, 0.4) is 0 Å². The molecule has 0 radical (unpaired) electrons. The molecular weight excluding hydrogens is 427 g/mol. The highest BCUT2D eigenvalue weighted by atomic mass is 19.1. The number of hydrogen-bond acceptors (Lipinski definition) is 4. The second-order valence-corrected chi connectivity index (χ2v) is 12.7. The van der Waals surface area contributed by atoms with Gasteiger partial charge in [-0.05, 0) is 106 Å². The van der Waals surface area contributed by atoms with Gasteiger partial charge in [-0.15, -0.1) is 0 Å². The van der Waals surface area contributed by atoms with Crippen molar-refractivity contribution in [3.05, 3.63) is 30.1 Å². The molecule has 5 heteroatoms. The Morgan fingerprint density at radius 1 is 1.09 bits per heavy atom. The third kappa shape index (κ3) is 2.82. The van der Waals surface area contributed by atoms with E-state index < -0.39 is 0 Å².